The lowest BCUT2D eigenvalue weighted by Crippen LogP contribution is -2.03. The van der Waals surface area contributed by atoms with Gasteiger partial charge in [0.15, 0.2) is 11.5 Å². The van der Waals surface area contributed by atoms with E-state index in [1.807, 2.05) is 12.1 Å². The molecule has 4 nitrogen and oxygen atoms in total. The maximum Gasteiger partial charge on any atom is 0.168 e. The lowest BCUT2D eigenvalue weighted by Gasteiger charge is -2.15. The fourth-order valence-corrected chi connectivity index (χ4v) is 2.15. The average molecular weight is 251 g/mol. The average Bonchev–Trinajstić information content (AvgIpc) is 2.64. The molecule has 0 amide bonds. The van der Waals surface area contributed by atoms with Gasteiger partial charge >= 0.3 is 0 Å². The summed E-state index contributed by atoms with van der Waals surface area (Å²) < 4.78 is 16.9. The predicted molar refractivity (Wildman–Crippen MR) is 70.6 cm³/mol. The highest BCUT2D eigenvalue weighted by molar-refractivity contribution is 5.54. The molecule has 0 radical (unpaired) electrons. The number of rotatable bonds is 5. The van der Waals surface area contributed by atoms with Crippen LogP contribution in [0.15, 0.2) is 12.1 Å². The van der Waals surface area contributed by atoms with E-state index < -0.39 is 0 Å². The van der Waals surface area contributed by atoms with Gasteiger partial charge in [-0.2, -0.15) is 0 Å². The van der Waals surface area contributed by atoms with Crippen LogP contribution in [0.4, 0.5) is 0 Å². The number of methoxy groups -OCH3 is 1. The van der Waals surface area contributed by atoms with E-state index in [1.165, 1.54) is 0 Å². The quantitative estimate of drug-likeness (QED) is 0.815. The van der Waals surface area contributed by atoms with Crippen LogP contribution < -0.4 is 19.9 Å². The molecular weight excluding hydrogens is 230 g/mol. The molecule has 0 bridgehead atoms. The number of hydrogen-bond acceptors (Lipinski definition) is 4. The predicted octanol–water partition coefficient (Wildman–Crippen LogP) is 2.14. The monoisotopic (exact) mass is 251 g/mol. The molecule has 0 aliphatic carbocycles. The van der Waals surface area contributed by atoms with Gasteiger partial charge in [0.2, 0.25) is 0 Å². The zero-order chi connectivity index (χ0) is 12.8. The topological polar surface area (TPSA) is 53.7 Å². The van der Waals surface area contributed by atoms with Crippen molar-refractivity contribution < 1.29 is 14.2 Å². The minimum atomic E-state index is 0.698. The highest BCUT2D eigenvalue weighted by Gasteiger charge is 2.18. The molecule has 1 aromatic rings. The van der Waals surface area contributed by atoms with Gasteiger partial charge in [0.1, 0.15) is 5.75 Å². The van der Waals surface area contributed by atoms with Crippen molar-refractivity contribution >= 4 is 0 Å². The van der Waals surface area contributed by atoms with Crippen LogP contribution in [0, 0.1) is 0 Å². The van der Waals surface area contributed by atoms with Crippen molar-refractivity contribution in [2.75, 3.05) is 26.9 Å². The van der Waals surface area contributed by atoms with E-state index in [-0.39, 0.29) is 0 Å². The van der Waals surface area contributed by atoms with Crippen LogP contribution in [0.5, 0.6) is 17.2 Å². The summed E-state index contributed by atoms with van der Waals surface area (Å²) in [7, 11) is 1.69. The first-order valence-electron chi connectivity index (χ1n) is 6.52. The zero-order valence-corrected chi connectivity index (χ0v) is 10.9. The Balaban J connectivity index is 2.26. The van der Waals surface area contributed by atoms with Crippen molar-refractivity contribution in [2.45, 2.75) is 25.7 Å². The number of fused-ring (bicyclic) bond motifs is 1. The standard InChI is InChI=1S/C14H21NO3/c1-16-12-6-7-13-14(18-10-4-9-17-13)11(12)5-2-3-8-15/h6-7H,2-5,8-10,15H2,1H3. The molecule has 0 fully saturated rings. The molecule has 18 heavy (non-hydrogen) atoms. The van der Waals surface area contributed by atoms with Crippen LogP contribution in [-0.2, 0) is 6.42 Å². The Morgan fingerprint density at radius 1 is 1.22 bits per heavy atom. The molecule has 0 saturated carbocycles. The van der Waals surface area contributed by atoms with Crippen LogP contribution in [0.25, 0.3) is 0 Å². The van der Waals surface area contributed by atoms with Crippen LogP contribution in [0.2, 0.25) is 0 Å². The van der Waals surface area contributed by atoms with E-state index in [0.717, 1.165) is 48.5 Å². The Morgan fingerprint density at radius 2 is 2.06 bits per heavy atom. The third kappa shape index (κ3) is 2.88. The largest absolute Gasteiger partial charge is 0.496 e. The van der Waals surface area contributed by atoms with Gasteiger partial charge in [-0.3, -0.25) is 0 Å². The second-order valence-electron chi connectivity index (χ2n) is 4.37. The third-order valence-electron chi connectivity index (χ3n) is 3.07. The molecule has 2 N–H and O–H groups in total. The summed E-state index contributed by atoms with van der Waals surface area (Å²) >= 11 is 0. The van der Waals surface area contributed by atoms with E-state index in [4.69, 9.17) is 19.9 Å². The van der Waals surface area contributed by atoms with E-state index >= 15 is 0 Å². The van der Waals surface area contributed by atoms with Crippen molar-refractivity contribution in [3.63, 3.8) is 0 Å². The number of ether oxygens (including phenoxy) is 3. The van der Waals surface area contributed by atoms with Crippen molar-refractivity contribution in [3.05, 3.63) is 17.7 Å². The van der Waals surface area contributed by atoms with Crippen LogP contribution in [0.1, 0.15) is 24.8 Å². The molecule has 100 valence electrons. The van der Waals surface area contributed by atoms with Crippen LogP contribution in [-0.4, -0.2) is 26.9 Å². The fraction of sp³-hybridized carbons (Fsp3) is 0.571. The lowest BCUT2D eigenvalue weighted by molar-refractivity contribution is 0.295. The van der Waals surface area contributed by atoms with Crippen molar-refractivity contribution in [2.24, 2.45) is 5.73 Å². The van der Waals surface area contributed by atoms with Gasteiger partial charge < -0.3 is 19.9 Å². The summed E-state index contributed by atoms with van der Waals surface area (Å²) in [6.07, 6.45) is 3.87. The summed E-state index contributed by atoms with van der Waals surface area (Å²) in [5, 5.41) is 0. The number of hydrogen-bond donors (Lipinski definition) is 1. The smallest absolute Gasteiger partial charge is 0.168 e. The minimum Gasteiger partial charge on any atom is -0.496 e. The second-order valence-corrected chi connectivity index (χ2v) is 4.37. The summed E-state index contributed by atoms with van der Waals surface area (Å²) in [5.74, 6) is 2.55. The molecular formula is C14H21NO3. The normalized spacial score (nSPS) is 14.1. The molecule has 1 aliphatic rings. The highest BCUT2D eigenvalue weighted by Crippen LogP contribution is 2.39. The molecule has 0 aromatic heterocycles. The second kappa shape index (κ2) is 6.50. The van der Waals surface area contributed by atoms with E-state index in [9.17, 15) is 0 Å². The van der Waals surface area contributed by atoms with Crippen molar-refractivity contribution in [1.82, 2.24) is 0 Å². The van der Waals surface area contributed by atoms with Crippen LogP contribution in [0.3, 0.4) is 0 Å². The Hall–Kier alpha value is -1.42. The van der Waals surface area contributed by atoms with Gasteiger partial charge in [-0.1, -0.05) is 0 Å². The summed E-state index contributed by atoms with van der Waals surface area (Å²) in [5.41, 5.74) is 6.64. The third-order valence-corrected chi connectivity index (χ3v) is 3.07. The molecule has 0 atom stereocenters. The highest BCUT2D eigenvalue weighted by atomic mass is 16.5. The Bertz CT molecular complexity index is 393. The Morgan fingerprint density at radius 3 is 2.83 bits per heavy atom. The van der Waals surface area contributed by atoms with E-state index in [2.05, 4.69) is 0 Å². The Kier molecular flexibility index (Phi) is 4.70. The number of benzene rings is 1. The van der Waals surface area contributed by atoms with Gasteiger partial charge in [-0.25, -0.2) is 0 Å². The molecule has 0 unspecified atom stereocenters. The van der Waals surface area contributed by atoms with Gasteiger partial charge in [0.25, 0.3) is 0 Å². The number of nitrogens with two attached hydrogens (primary N) is 1. The summed E-state index contributed by atoms with van der Waals surface area (Å²) in [6.45, 7) is 2.13. The summed E-state index contributed by atoms with van der Waals surface area (Å²) in [4.78, 5) is 0. The van der Waals surface area contributed by atoms with Crippen molar-refractivity contribution in [3.8, 4) is 17.2 Å². The molecule has 0 saturated heterocycles. The lowest BCUT2D eigenvalue weighted by atomic mass is 10.0. The molecule has 2 rings (SSSR count). The molecule has 1 aromatic carbocycles. The first-order chi connectivity index (χ1) is 8.86. The maximum absolute atomic E-state index is 5.82. The van der Waals surface area contributed by atoms with E-state index in [0.29, 0.717) is 19.8 Å². The zero-order valence-electron chi connectivity index (χ0n) is 10.9. The van der Waals surface area contributed by atoms with Crippen molar-refractivity contribution in [1.29, 1.82) is 0 Å². The van der Waals surface area contributed by atoms with Gasteiger partial charge in [0, 0.05) is 12.0 Å². The molecule has 1 aliphatic heterocycles. The first-order valence-corrected chi connectivity index (χ1v) is 6.52. The van der Waals surface area contributed by atoms with Gasteiger partial charge in [0.05, 0.1) is 20.3 Å². The SMILES string of the molecule is COc1ccc2c(c1CCCCN)OCCCO2. The molecule has 1 heterocycles. The maximum atomic E-state index is 5.82. The van der Waals surface area contributed by atoms with Crippen LogP contribution >= 0.6 is 0 Å². The first kappa shape index (κ1) is 13.0. The molecule has 0 spiro atoms. The fourth-order valence-electron chi connectivity index (χ4n) is 2.15. The number of unbranched alkanes of at least 4 members (excludes halogenated alkanes) is 1. The minimum absolute atomic E-state index is 0.698. The van der Waals surface area contributed by atoms with Gasteiger partial charge in [-0.05, 0) is 37.9 Å². The van der Waals surface area contributed by atoms with Gasteiger partial charge in [-0.15, -0.1) is 0 Å². The van der Waals surface area contributed by atoms with E-state index in [1.54, 1.807) is 7.11 Å². The molecule has 4 heteroatoms. The Labute approximate surface area is 108 Å². The summed E-state index contributed by atoms with van der Waals surface area (Å²) in [6, 6.07) is 3.87.